The van der Waals surface area contributed by atoms with Crippen molar-refractivity contribution in [1.82, 2.24) is 25.5 Å². The number of nitrogens with one attached hydrogen (secondary N) is 2. The van der Waals surface area contributed by atoms with Crippen molar-refractivity contribution in [3.63, 3.8) is 0 Å². The molecule has 0 atom stereocenters. The van der Waals surface area contributed by atoms with Gasteiger partial charge in [-0.1, -0.05) is 38.0 Å². The van der Waals surface area contributed by atoms with Gasteiger partial charge in [-0.15, -0.1) is 0 Å². The van der Waals surface area contributed by atoms with Crippen molar-refractivity contribution in [3.05, 3.63) is 64.5 Å². The van der Waals surface area contributed by atoms with E-state index in [0.29, 0.717) is 43.2 Å². The Morgan fingerprint density at radius 2 is 1.77 bits per heavy atom. The summed E-state index contributed by atoms with van der Waals surface area (Å²) in [7, 11) is 0. The van der Waals surface area contributed by atoms with Crippen LogP contribution in [0.1, 0.15) is 60.1 Å². The van der Waals surface area contributed by atoms with Crippen molar-refractivity contribution in [3.8, 4) is 0 Å². The molecule has 184 valence electrons. The number of aromatic nitrogens is 2. The second-order valence-electron chi connectivity index (χ2n) is 8.62. The monoisotopic (exact) mass is 479 g/mol. The molecule has 4 rings (SSSR count). The fourth-order valence-electron chi connectivity index (χ4n) is 4.25. The number of benzene rings is 1. The van der Waals surface area contributed by atoms with Crippen molar-refractivity contribution in [1.29, 1.82) is 0 Å². The lowest BCUT2D eigenvalue weighted by molar-refractivity contribution is -0.127. The normalized spacial score (nSPS) is 14.1. The molecule has 1 aliphatic heterocycles. The van der Waals surface area contributed by atoms with Gasteiger partial charge < -0.3 is 9.32 Å². The molecule has 2 aromatic heterocycles. The smallest absolute Gasteiger partial charge is 0.290 e. The molecular weight excluding hydrogens is 450 g/mol. The van der Waals surface area contributed by atoms with Gasteiger partial charge in [0.05, 0.1) is 11.6 Å². The highest BCUT2D eigenvalue weighted by atomic mass is 16.3. The van der Waals surface area contributed by atoms with E-state index in [1.165, 1.54) is 10.9 Å². The van der Waals surface area contributed by atoms with Gasteiger partial charge in [-0.25, -0.2) is 4.68 Å². The predicted molar refractivity (Wildman–Crippen MR) is 128 cm³/mol. The number of piperidine rings is 1. The molecule has 0 spiro atoms. The van der Waals surface area contributed by atoms with E-state index in [4.69, 9.17) is 4.42 Å². The SMILES string of the molecule is CCCCCn1nc(C(=O)NNC(=O)C2CCN(C(=O)c3ccco3)CC2)c2ccccc2c1=O. The minimum Gasteiger partial charge on any atom is -0.459 e. The lowest BCUT2D eigenvalue weighted by atomic mass is 9.96. The summed E-state index contributed by atoms with van der Waals surface area (Å²) in [6.07, 6.45) is 5.11. The molecule has 0 bridgehead atoms. The molecule has 1 aromatic carbocycles. The Hall–Kier alpha value is -3.95. The average molecular weight is 480 g/mol. The first kappa shape index (κ1) is 24.2. The van der Waals surface area contributed by atoms with Crippen LogP contribution in [-0.2, 0) is 11.3 Å². The van der Waals surface area contributed by atoms with Crippen molar-refractivity contribution in [2.24, 2.45) is 5.92 Å². The summed E-state index contributed by atoms with van der Waals surface area (Å²) >= 11 is 0. The summed E-state index contributed by atoms with van der Waals surface area (Å²) in [5, 5.41) is 5.14. The molecular formula is C25H29N5O5. The van der Waals surface area contributed by atoms with Gasteiger partial charge >= 0.3 is 0 Å². The maximum atomic E-state index is 12.9. The van der Waals surface area contributed by atoms with E-state index in [1.807, 2.05) is 0 Å². The minimum absolute atomic E-state index is 0.0795. The van der Waals surface area contributed by atoms with Gasteiger partial charge in [-0.2, -0.15) is 5.10 Å². The number of likely N-dealkylation sites (tertiary alicyclic amines) is 1. The highest BCUT2D eigenvalue weighted by Crippen LogP contribution is 2.19. The van der Waals surface area contributed by atoms with E-state index in [2.05, 4.69) is 22.9 Å². The van der Waals surface area contributed by atoms with Gasteiger partial charge in [-0.3, -0.25) is 30.0 Å². The number of hydrazine groups is 1. The van der Waals surface area contributed by atoms with Crippen LogP contribution in [0.4, 0.5) is 0 Å². The zero-order chi connectivity index (χ0) is 24.8. The molecule has 10 heteroatoms. The first-order valence-corrected chi connectivity index (χ1v) is 11.9. The van der Waals surface area contributed by atoms with Gasteiger partial charge in [0.1, 0.15) is 0 Å². The third-order valence-corrected chi connectivity index (χ3v) is 6.24. The number of carbonyl (C=O) groups is 3. The number of carbonyl (C=O) groups excluding carboxylic acids is 3. The van der Waals surface area contributed by atoms with Gasteiger partial charge in [0, 0.05) is 30.9 Å². The number of hydrogen-bond donors (Lipinski definition) is 2. The van der Waals surface area contributed by atoms with Crippen LogP contribution in [0.2, 0.25) is 0 Å². The Morgan fingerprint density at radius 1 is 1.03 bits per heavy atom. The fraction of sp³-hybridized carbons (Fsp3) is 0.400. The molecule has 2 N–H and O–H groups in total. The van der Waals surface area contributed by atoms with E-state index in [0.717, 1.165) is 19.3 Å². The predicted octanol–water partition coefficient (Wildman–Crippen LogP) is 2.49. The van der Waals surface area contributed by atoms with Crippen LogP contribution in [0.15, 0.2) is 51.9 Å². The van der Waals surface area contributed by atoms with E-state index in [9.17, 15) is 19.2 Å². The second-order valence-corrected chi connectivity index (χ2v) is 8.62. The van der Waals surface area contributed by atoms with Gasteiger partial charge in [0.25, 0.3) is 17.4 Å². The van der Waals surface area contributed by atoms with E-state index in [-0.39, 0.29) is 34.7 Å². The van der Waals surface area contributed by atoms with E-state index < -0.39 is 5.91 Å². The van der Waals surface area contributed by atoms with Crippen LogP contribution in [0.5, 0.6) is 0 Å². The molecule has 0 radical (unpaired) electrons. The standard InChI is InChI=1S/C25H29N5O5/c1-2-3-6-13-30-24(33)19-9-5-4-8-18(19)21(28-30)23(32)27-26-22(31)17-11-14-29(15-12-17)25(34)20-10-7-16-35-20/h4-5,7-10,16-17H,2-3,6,11-15H2,1H3,(H,26,31)(H,27,32). The Labute approximate surface area is 202 Å². The number of aryl methyl sites for hydroxylation is 1. The summed E-state index contributed by atoms with van der Waals surface area (Å²) < 4.78 is 6.48. The van der Waals surface area contributed by atoms with E-state index >= 15 is 0 Å². The molecule has 0 aliphatic carbocycles. The third-order valence-electron chi connectivity index (χ3n) is 6.24. The number of hydrogen-bond acceptors (Lipinski definition) is 6. The van der Waals surface area contributed by atoms with Gasteiger partial charge in [0.2, 0.25) is 5.91 Å². The zero-order valence-electron chi connectivity index (χ0n) is 19.7. The summed E-state index contributed by atoms with van der Waals surface area (Å²) in [5.74, 6) is -1.19. The average Bonchev–Trinajstić information content (AvgIpc) is 3.43. The number of furan rings is 1. The van der Waals surface area contributed by atoms with Crippen LogP contribution in [0.3, 0.4) is 0 Å². The highest BCUT2D eigenvalue weighted by molar-refractivity contribution is 6.05. The van der Waals surface area contributed by atoms with Crippen LogP contribution in [0, 0.1) is 5.92 Å². The Bertz CT molecular complexity index is 1260. The lowest BCUT2D eigenvalue weighted by Gasteiger charge is -2.30. The lowest BCUT2D eigenvalue weighted by Crippen LogP contribution is -2.48. The van der Waals surface area contributed by atoms with Gasteiger partial charge in [-0.05, 0) is 37.5 Å². The first-order chi connectivity index (χ1) is 17.0. The number of rotatable bonds is 7. The molecule has 10 nitrogen and oxygen atoms in total. The van der Waals surface area contributed by atoms with E-state index in [1.54, 1.807) is 41.3 Å². The molecule has 1 saturated heterocycles. The molecule has 0 unspecified atom stereocenters. The largest absolute Gasteiger partial charge is 0.459 e. The minimum atomic E-state index is -0.593. The summed E-state index contributed by atoms with van der Waals surface area (Å²) in [6, 6.07) is 10.1. The zero-order valence-corrected chi connectivity index (χ0v) is 19.7. The molecule has 35 heavy (non-hydrogen) atoms. The summed E-state index contributed by atoms with van der Waals surface area (Å²) in [5.41, 5.74) is 4.77. The molecule has 1 fully saturated rings. The Kier molecular flexibility index (Phi) is 7.59. The topological polar surface area (TPSA) is 127 Å². The van der Waals surface area contributed by atoms with Crippen LogP contribution < -0.4 is 16.4 Å². The quantitative estimate of drug-likeness (QED) is 0.396. The molecule has 3 aromatic rings. The number of fused-ring (bicyclic) bond motifs is 1. The summed E-state index contributed by atoms with van der Waals surface area (Å²) in [6.45, 7) is 3.32. The van der Waals surface area contributed by atoms with Crippen LogP contribution in [-0.4, -0.2) is 45.5 Å². The Balaban J connectivity index is 1.39. The van der Waals surface area contributed by atoms with Crippen molar-refractivity contribution >= 4 is 28.5 Å². The first-order valence-electron chi connectivity index (χ1n) is 11.9. The maximum Gasteiger partial charge on any atom is 0.290 e. The number of amides is 3. The highest BCUT2D eigenvalue weighted by Gasteiger charge is 2.29. The summed E-state index contributed by atoms with van der Waals surface area (Å²) in [4.78, 5) is 52.5. The number of unbranched alkanes of at least 4 members (excludes halogenated alkanes) is 2. The molecule has 3 amide bonds. The number of nitrogens with zero attached hydrogens (tertiary/aromatic N) is 3. The maximum absolute atomic E-state index is 12.9. The van der Waals surface area contributed by atoms with Crippen molar-refractivity contribution < 1.29 is 18.8 Å². The molecule has 0 saturated carbocycles. The van der Waals surface area contributed by atoms with Crippen LogP contribution in [0.25, 0.3) is 10.8 Å². The fourth-order valence-corrected chi connectivity index (χ4v) is 4.25. The van der Waals surface area contributed by atoms with Crippen molar-refractivity contribution in [2.75, 3.05) is 13.1 Å². The van der Waals surface area contributed by atoms with Gasteiger partial charge in [0.15, 0.2) is 11.5 Å². The molecule has 3 heterocycles. The third kappa shape index (κ3) is 5.42. The molecule has 1 aliphatic rings. The van der Waals surface area contributed by atoms with Crippen LogP contribution >= 0.6 is 0 Å². The van der Waals surface area contributed by atoms with Crippen molar-refractivity contribution in [2.45, 2.75) is 45.6 Å². The Morgan fingerprint density at radius 3 is 2.46 bits per heavy atom. The second kappa shape index (κ2) is 11.0.